The summed E-state index contributed by atoms with van der Waals surface area (Å²) in [6, 6.07) is 0. The molecule has 0 bridgehead atoms. The van der Waals surface area contributed by atoms with Gasteiger partial charge in [-0.3, -0.25) is 0 Å². The van der Waals surface area contributed by atoms with Gasteiger partial charge < -0.3 is 30.9 Å². The maximum absolute atomic E-state index is 7.13. The van der Waals surface area contributed by atoms with Gasteiger partial charge in [-0.15, -0.1) is 11.1 Å². The fraction of sp³-hybridized carbons (Fsp3) is 0.727. The van der Waals surface area contributed by atoms with E-state index < -0.39 is 17.7 Å². The Hall–Kier alpha value is -0.0862. The minimum absolute atomic E-state index is 0. The quantitative estimate of drug-likeness (QED) is 0.120. The van der Waals surface area contributed by atoms with Gasteiger partial charge in [-0.25, -0.2) is 9.92 Å². The number of hydrogen-bond donors (Lipinski definition) is 0. The van der Waals surface area contributed by atoms with E-state index in [1.54, 1.807) is 0 Å². The van der Waals surface area contributed by atoms with E-state index in [1.807, 2.05) is 0 Å². The predicted octanol–water partition coefficient (Wildman–Crippen LogP) is 2.14. The first-order chi connectivity index (χ1) is 14.7. The van der Waals surface area contributed by atoms with E-state index in [0.717, 1.165) is 0 Å². The predicted molar refractivity (Wildman–Crippen MR) is 153 cm³/mol. The maximum atomic E-state index is 7.13. The van der Waals surface area contributed by atoms with Crippen molar-refractivity contribution in [2.45, 2.75) is 105 Å². The van der Waals surface area contributed by atoms with Crippen molar-refractivity contribution >= 4 is 58.8 Å². The molecule has 2 aliphatic rings. The number of halogens is 1. The molecule has 0 aromatic rings. The molecule has 0 fully saturated rings. The van der Waals surface area contributed by atoms with Crippen LogP contribution in [-0.4, -0.2) is 63.3 Å². The van der Waals surface area contributed by atoms with Crippen molar-refractivity contribution in [2.24, 2.45) is 4.66 Å². The fourth-order valence-corrected chi connectivity index (χ4v) is 10.1. The first-order valence-corrected chi connectivity index (χ1v) is 16.1. The van der Waals surface area contributed by atoms with E-state index in [4.69, 9.17) is 28.6 Å². The summed E-state index contributed by atoms with van der Waals surface area (Å²) in [6.07, 6.45) is 8.54. The van der Waals surface area contributed by atoms with Crippen molar-refractivity contribution < 1.29 is 29.6 Å². The molecule has 188 valence electrons. The number of thiocarbonyl (C=S) groups is 1. The zero-order valence-corrected chi connectivity index (χ0v) is 30.0. The molecular formula is C22H42ClN6NaS2Si2. The van der Waals surface area contributed by atoms with Crippen molar-refractivity contribution in [1.82, 2.24) is 18.3 Å². The van der Waals surface area contributed by atoms with Gasteiger partial charge in [0.1, 0.15) is 0 Å². The third-order valence-corrected chi connectivity index (χ3v) is 12.6. The van der Waals surface area contributed by atoms with Crippen molar-refractivity contribution in [3.05, 3.63) is 24.8 Å². The first-order valence-electron chi connectivity index (χ1n) is 11.0. The average molecular weight is 569 g/mol. The Morgan fingerprint density at radius 2 is 0.971 bits per heavy atom. The summed E-state index contributed by atoms with van der Waals surface area (Å²) in [5.74, 6) is 0. The van der Waals surface area contributed by atoms with Crippen LogP contribution in [0, 0.1) is 10.7 Å². The third kappa shape index (κ3) is 10.9. The van der Waals surface area contributed by atoms with Gasteiger partial charge in [-0.05, 0) is 95.3 Å². The minimum atomic E-state index is -1.60. The van der Waals surface area contributed by atoms with E-state index >= 15 is 0 Å². The minimum Gasteiger partial charge on any atom is -0.696 e. The fourth-order valence-electron chi connectivity index (χ4n) is 3.25. The van der Waals surface area contributed by atoms with E-state index in [1.165, 1.54) is 5.40 Å². The number of rotatable bonds is 1. The topological polar surface area (TPSA) is 49.1 Å². The van der Waals surface area contributed by atoms with E-state index in [-0.39, 0.29) is 51.7 Å². The molecule has 12 heteroatoms. The molecule has 0 saturated carbocycles. The first kappa shape index (κ1) is 36.1. The second kappa shape index (κ2) is 14.0. The van der Waals surface area contributed by atoms with Gasteiger partial charge in [0.2, 0.25) is 0 Å². The van der Waals surface area contributed by atoms with Crippen LogP contribution in [0.4, 0.5) is 0 Å². The second-order valence-corrected chi connectivity index (χ2v) is 17.2. The van der Waals surface area contributed by atoms with Crippen molar-refractivity contribution in [3.8, 4) is 5.40 Å². The normalized spacial score (nSPS) is 16.7. The standard InChI is InChI=1S/C11H21N3SSi.C10H21ClN2Si.CHNS.Na/c1-10(2,3)13-7-8-14(11(4,5)6)16(13)12-9-15;1-9(2,3)12-7-8-13(14(12)11)10(4,5)6;2-1-3;/h7-8,16H,1-6H3;7-8,14H,1-6H3;3H;/q;;;+1/p-1. The van der Waals surface area contributed by atoms with Gasteiger partial charge >= 0.3 is 47.3 Å². The molecule has 0 aromatic carbocycles. The van der Waals surface area contributed by atoms with Gasteiger partial charge in [-0.1, -0.05) is 5.40 Å². The van der Waals surface area contributed by atoms with Gasteiger partial charge in [0.25, 0.3) is 0 Å². The summed E-state index contributed by atoms with van der Waals surface area (Å²) in [6.45, 7) is 26.4. The summed E-state index contributed by atoms with van der Waals surface area (Å²) in [5, 5.41) is 11.0. The molecule has 0 amide bonds. The summed E-state index contributed by atoms with van der Waals surface area (Å²) in [4.78, 5) is 0. The van der Waals surface area contributed by atoms with Gasteiger partial charge in [-0.2, -0.15) is 0 Å². The van der Waals surface area contributed by atoms with Crippen LogP contribution in [0.5, 0.6) is 0 Å². The Morgan fingerprint density at radius 1 is 0.735 bits per heavy atom. The zero-order chi connectivity index (χ0) is 26.4. The molecule has 0 atom stereocenters. The van der Waals surface area contributed by atoms with Crippen LogP contribution in [0.1, 0.15) is 83.1 Å². The molecule has 2 heterocycles. The molecule has 2 aliphatic heterocycles. The van der Waals surface area contributed by atoms with E-state index in [9.17, 15) is 0 Å². The van der Waals surface area contributed by atoms with Crippen molar-refractivity contribution in [3.63, 3.8) is 0 Å². The monoisotopic (exact) mass is 568 g/mol. The maximum Gasteiger partial charge on any atom is 1.00 e. The van der Waals surface area contributed by atoms with Crippen LogP contribution < -0.4 is 29.6 Å². The Bertz CT molecular complexity index is 740. The molecule has 0 spiro atoms. The van der Waals surface area contributed by atoms with E-state index in [0.29, 0.717) is 0 Å². The number of nitrogens with zero attached hydrogens (tertiary/aromatic N) is 6. The summed E-state index contributed by atoms with van der Waals surface area (Å²) >= 11 is 15.0. The van der Waals surface area contributed by atoms with Crippen molar-refractivity contribution in [1.29, 1.82) is 5.26 Å². The zero-order valence-electron chi connectivity index (χ0n) is 23.3. The Morgan fingerprint density at radius 3 is 1.15 bits per heavy atom. The molecule has 0 aliphatic carbocycles. The molecule has 0 saturated heterocycles. The number of isothiocyanates is 1. The molecular weight excluding hydrogens is 527 g/mol. The molecule has 0 radical (unpaired) electrons. The molecule has 6 nitrogen and oxygen atoms in total. The Labute approximate surface area is 250 Å². The van der Waals surface area contributed by atoms with Crippen molar-refractivity contribution in [2.75, 3.05) is 0 Å². The van der Waals surface area contributed by atoms with Crippen LogP contribution in [0.3, 0.4) is 0 Å². The van der Waals surface area contributed by atoms with Crippen LogP contribution in [0.2, 0.25) is 0 Å². The molecule has 0 unspecified atom stereocenters. The van der Waals surface area contributed by atoms with Gasteiger partial charge in [0.15, 0.2) is 0 Å². The smallest absolute Gasteiger partial charge is 0.696 e. The summed E-state index contributed by atoms with van der Waals surface area (Å²) in [7, 11) is -3.10. The van der Waals surface area contributed by atoms with Crippen LogP contribution in [-0.2, 0) is 12.6 Å². The van der Waals surface area contributed by atoms with Crippen LogP contribution >= 0.6 is 23.3 Å². The number of nitriles is 1. The average Bonchev–Trinajstić information content (AvgIpc) is 3.18. The third-order valence-electron chi connectivity index (χ3n) is 5.00. The summed E-state index contributed by atoms with van der Waals surface area (Å²) < 4.78 is 13.7. The van der Waals surface area contributed by atoms with Crippen LogP contribution in [0.25, 0.3) is 0 Å². The summed E-state index contributed by atoms with van der Waals surface area (Å²) in [5.41, 5.74) is 0.441. The van der Waals surface area contributed by atoms with E-state index in [2.05, 4.69) is 149 Å². The van der Waals surface area contributed by atoms with Gasteiger partial charge in [0, 0.05) is 47.0 Å². The molecule has 0 aromatic heterocycles. The molecule has 0 N–H and O–H groups in total. The largest absolute Gasteiger partial charge is 1.00 e. The number of hydrogen-bond acceptors (Lipinski definition) is 8. The van der Waals surface area contributed by atoms with Gasteiger partial charge in [0.05, 0.1) is 5.16 Å². The Kier molecular flexibility index (Phi) is 14.9. The van der Waals surface area contributed by atoms with Crippen LogP contribution in [0.15, 0.2) is 29.5 Å². The molecule has 2 rings (SSSR count). The SMILES string of the molecule is CC(C)(C)N1C=CN(C(C)(C)C)[SiH]1Cl.CC(C)(C)N1C=CN(C(C)(C)C)[SiH]1N=C=S.N#C[S-].[Na+]. The second-order valence-electron chi connectivity index (χ2n) is 11.9. The number of thiocyanates is 1. The molecule has 34 heavy (non-hydrogen) atoms. The Balaban J connectivity index is 0.